The van der Waals surface area contributed by atoms with E-state index >= 15 is 0 Å². The number of likely N-dealkylation sites (N-methyl/N-ethyl adjacent to an activating group) is 1. The Kier molecular flexibility index (Phi) is 14.3. The number of allylic oxidation sites excluding steroid dienone is 4. The van der Waals surface area contributed by atoms with Crippen molar-refractivity contribution in [2.45, 2.75) is 33.2 Å². The molecule has 1 aromatic carbocycles. The molecule has 1 aromatic rings. The number of alkyl halides is 2. The number of hydrogen-bond donors (Lipinski definition) is 6. The highest BCUT2D eigenvalue weighted by molar-refractivity contribution is 6.08. The van der Waals surface area contributed by atoms with Crippen LogP contribution in [0.3, 0.4) is 0 Å². The third kappa shape index (κ3) is 11.3. The molecule has 3 amide bonds. The average Bonchev–Trinajstić information content (AvgIpc) is 3.88. The van der Waals surface area contributed by atoms with Crippen LogP contribution in [0.25, 0.3) is 5.57 Å². The number of methoxy groups -OCH3 is 1. The molecule has 1 aliphatic heterocycles. The molecule has 0 radical (unpaired) electrons. The Morgan fingerprint density at radius 2 is 1.91 bits per heavy atom. The van der Waals surface area contributed by atoms with Gasteiger partial charge < -0.3 is 42.5 Å². The number of nitrogens with one attached hydrogen (secondary N) is 4. The highest BCUT2D eigenvalue weighted by Crippen LogP contribution is 2.35. The topological polar surface area (TPSA) is 200 Å². The van der Waals surface area contributed by atoms with Gasteiger partial charge in [-0.3, -0.25) is 14.4 Å². The smallest absolute Gasteiger partial charge is 0.331 e. The number of amidine groups is 1. The summed E-state index contributed by atoms with van der Waals surface area (Å²) in [6, 6.07) is 5.45. The van der Waals surface area contributed by atoms with Crippen molar-refractivity contribution in [3.8, 4) is 5.75 Å². The maximum absolute atomic E-state index is 13.0. The lowest BCUT2D eigenvalue weighted by Crippen LogP contribution is -2.37. The van der Waals surface area contributed by atoms with E-state index in [1.807, 2.05) is 12.1 Å². The van der Waals surface area contributed by atoms with E-state index in [4.69, 9.17) is 26.4 Å². The van der Waals surface area contributed by atoms with Crippen LogP contribution < -0.4 is 32.2 Å². The summed E-state index contributed by atoms with van der Waals surface area (Å²) in [5.41, 5.74) is 15.3. The number of nitrogens with zero attached hydrogens (tertiary/aromatic N) is 3. The van der Waals surface area contributed by atoms with Gasteiger partial charge in [0.25, 0.3) is 11.8 Å². The van der Waals surface area contributed by atoms with Crippen LogP contribution in [0, 0.1) is 11.3 Å². The lowest BCUT2D eigenvalue weighted by molar-refractivity contribution is -0.126. The number of hydrogen-bond acceptors (Lipinski definition) is 9. The van der Waals surface area contributed by atoms with Crippen LogP contribution in [0.5, 0.6) is 5.75 Å². The summed E-state index contributed by atoms with van der Waals surface area (Å²) < 4.78 is 30.7. The van der Waals surface area contributed by atoms with Gasteiger partial charge in [0.05, 0.1) is 24.2 Å². The molecular formula is C31H41F2N9O4. The first-order chi connectivity index (χ1) is 21.8. The van der Waals surface area contributed by atoms with E-state index < -0.39 is 6.55 Å². The van der Waals surface area contributed by atoms with Crippen LogP contribution in [0.15, 0.2) is 69.1 Å². The third-order valence-corrected chi connectivity index (χ3v) is 6.57. The van der Waals surface area contributed by atoms with Crippen LogP contribution in [0.1, 0.15) is 32.3 Å². The lowest BCUT2D eigenvalue weighted by atomic mass is 10.0. The number of carbonyl (C=O) groups is 3. The number of ether oxygens (including phenoxy) is 1. The zero-order valence-electron chi connectivity index (χ0n) is 26.5. The molecule has 3 rings (SSSR count). The Labute approximate surface area is 266 Å². The number of para-hydroxylation sites is 1. The van der Waals surface area contributed by atoms with Crippen LogP contribution in [0.4, 0.5) is 14.5 Å². The Morgan fingerprint density at radius 1 is 1.24 bits per heavy atom. The first-order valence-electron chi connectivity index (χ1n) is 14.2. The highest BCUT2D eigenvalue weighted by atomic mass is 19.3. The fourth-order valence-corrected chi connectivity index (χ4v) is 3.99. The number of halogens is 2. The molecule has 46 heavy (non-hydrogen) atoms. The molecule has 2 aliphatic rings. The number of nitrogens with two attached hydrogens (primary N) is 2. The summed E-state index contributed by atoms with van der Waals surface area (Å²) >= 11 is 0. The van der Waals surface area contributed by atoms with Crippen molar-refractivity contribution in [3.05, 3.63) is 64.7 Å². The number of anilines is 1. The zero-order valence-corrected chi connectivity index (χ0v) is 26.5. The third-order valence-electron chi connectivity index (χ3n) is 6.57. The zero-order chi connectivity index (χ0) is 34.4. The molecule has 1 saturated carbocycles. The minimum absolute atomic E-state index is 0.000760. The molecule has 0 spiro atoms. The number of amides is 3. The minimum Gasteiger partial charge on any atom is -0.494 e. The van der Waals surface area contributed by atoms with E-state index in [2.05, 4.69) is 25.9 Å². The Balaban J connectivity index is 0.00000173. The Hall–Kier alpha value is -5.34. The molecule has 0 bridgehead atoms. The van der Waals surface area contributed by atoms with Crippen molar-refractivity contribution < 1.29 is 27.9 Å². The molecule has 8 N–H and O–H groups in total. The second-order valence-corrected chi connectivity index (χ2v) is 10.3. The van der Waals surface area contributed by atoms with Crippen molar-refractivity contribution in [3.63, 3.8) is 0 Å². The monoisotopic (exact) mass is 641 g/mol. The summed E-state index contributed by atoms with van der Waals surface area (Å²) in [4.78, 5) is 42.4. The van der Waals surface area contributed by atoms with Crippen molar-refractivity contribution in [1.82, 2.24) is 15.5 Å². The van der Waals surface area contributed by atoms with Gasteiger partial charge >= 0.3 is 6.55 Å². The summed E-state index contributed by atoms with van der Waals surface area (Å²) in [5, 5.41) is 16.7. The standard InChI is InChI=1S/C29H36F2N8O3.C2H5NO/c1-16(32)20(14-36-29(30)31)15-39(3)28(41)23-11-10-19(13-35-23)21-6-5-7-22(26(21)42-4)37-24(17(2)33)12-25(34)38-27(40)18-8-9-18;1-3-2-4/h5-7,10-12,14,18,29,33,35,37H,8-9,13,15,32H2,1-4H3,(H2,34,38,40);2H,1H3,(H,3,4)/b20-16+,24-12+,33-17?,36-14+;. The molecule has 13 nitrogen and oxygen atoms in total. The number of benzene rings is 1. The largest absolute Gasteiger partial charge is 0.494 e. The molecule has 1 fully saturated rings. The molecular weight excluding hydrogens is 600 g/mol. The molecule has 0 atom stereocenters. The quantitative estimate of drug-likeness (QED) is 0.0816. The second-order valence-electron chi connectivity index (χ2n) is 10.3. The SMILES string of the molecule is CNC=O.COc1c(N/C(=C/C(N)=NC(=O)C2CC2)C(C)=N)cccc1C1=CC=C(C(=O)N(C)CC(/C=N/C(F)F)=C(\C)N)NC1. The minimum atomic E-state index is -2.87. The maximum Gasteiger partial charge on any atom is 0.331 e. The Morgan fingerprint density at radius 3 is 2.41 bits per heavy atom. The summed E-state index contributed by atoms with van der Waals surface area (Å²) in [5.74, 6) is -0.174. The first kappa shape index (κ1) is 36.8. The van der Waals surface area contributed by atoms with Crippen molar-refractivity contribution in [2.24, 2.45) is 27.4 Å². The number of dihydropyridines is 1. The molecule has 15 heteroatoms. The van der Waals surface area contributed by atoms with Gasteiger partial charge in [-0.15, -0.1) is 0 Å². The lowest BCUT2D eigenvalue weighted by Gasteiger charge is -2.24. The van der Waals surface area contributed by atoms with E-state index in [1.54, 1.807) is 39.1 Å². The van der Waals surface area contributed by atoms with Gasteiger partial charge in [0.1, 0.15) is 17.3 Å². The average molecular weight is 642 g/mol. The van der Waals surface area contributed by atoms with Crippen molar-refractivity contribution >= 4 is 47.2 Å². The van der Waals surface area contributed by atoms with Crippen molar-refractivity contribution in [2.75, 3.05) is 39.6 Å². The van der Waals surface area contributed by atoms with E-state index in [0.717, 1.165) is 30.2 Å². The molecule has 1 aliphatic carbocycles. The fourth-order valence-electron chi connectivity index (χ4n) is 3.99. The molecule has 248 valence electrons. The number of rotatable bonds is 13. The molecule has 0 aromatic heterocycles. The maximum atomic E-state index is 13.0. The van der Waals surface area contributed by atoms with Gasteiger partial charge in [0.2, 0.25) is 6.41 Å². The highest BCUT2D eigenvalue weighted by Gasteiger charge is 2.29. The Bertz CT molecular complexity index is 1490. The van der Waals surface area contributed by atoms with Gasteiger partial charge in [-0.25, -0.2) is 4.99 Å². The van der Waals surface area contributed by atoms with Crippen LogP contribution in [-0.2, 0) is 14.4 Å². The van der Waals surface area contributed by atoms with Gasteiger partial charge in [0, 0.05) is 62.2 Å². The van der Waals surface area contributed by atoms with Gasteiger partial charge in [0.15, 0.2) is 0 Å². The summed E-state index contributed by atoms with van der Waals surface area (Å²) in [6.45, 7) is 0.559. The first-order valence-corrected chi connectivity index (χ1v) is 14.2. The van der Waals surface area contributed by atoms with Crippen LogP contribution in [0.2, 0.25) is 0 Å². The molecule has 0 saturated heterocycles. The number of carbonyl (C=O) groups excluding carboxylic acids is 3. The van der Waals surface area contributed by atoms with E-state index in [0.29, 0.717) is 41.4 Å². The fraction of sp³-hybridized carbons (Fsp3) is 0.355. The molecule has 0 unspecified atom stereocenters. The van der Waals surface area contributed by atoms with E-state index in [1.165, 1.54) is 25.1 Å². The summed E-state index contributed by atoms with van der Waals surface area (Å²) in [7, 11) is 4.62. The predicted octanol–water partition coefficient (Wildman–Crippen LogP) is 2.54. The van der Waals surface area contributed by atoms with Gasteiger partial charge in [-0.1, -0.05) is 18.2 Å². The van der Waals surface area contributed by atoms with Crippen LogP contribution >= 0.6 is 0 Å². The second kappa shape index (κ2) is 17.8. The van der Waals surface area contributed by atoms with E-state index in [-0.39, 0.29) is 41.5 Å². The normalized spacial score (nSPS) is 15.4. The number of aliphatic imine (C=N–C) groups is 2. The molecule has 1 heterocycles. The van der Waals surface area contributed by atoms with Gasteiger partial charge in [-0.05, 0) is 44.4 Å². The van der Waals surface area contributed by atoms with Crippen LogP contribution in [-0.4, -0.2) is 81.7 Å². The van der Waals surface area contributed by atoms with E-state index in [9.17, 15) is 18.4 Å². The summed E-state index contributed by atoms with van der Waals surface area (Å²) in [6.07, 6.45) is 8.09. The predicted molar refractivity (Wildman–Crippen MR) is 176 cm³/mol. The van der Waals surface area contributed by atoms with Crippen molar-refractivity contribution in [1.29, 1.82) is 5.41 Å². The van der Waals surface area contributed by atoms with Gasteiger partial charge in [-0.2, -0.15) is 13.8 Å².